The van der Waals surface area contributed by atoms with Gasteiger partial charge in [0.05, 0.1) is 11.0 Å². The number of halogens is 3. The second-order valence-corrected chi connectivity index (χ2v) is 6.64. The van der Waals surface area contributed by atoms with Crippen molar-refractivity contribution in [1.29, 1.82) is 0 Å². The number of nitrogens with zero attached hydrogens (tertiary/aromatic N) is 2. The van der Waals surface area contributed by atoms with Gasteiger partial charge < -0.3 is 6.15 Å². The standard InChI is InChI=1S/C15H11N2.C6H3BrCl.ClH.Fe.H3N/c1-3-13-9-8-12-7-6-11-5-4-10(2)16-14(11)15(12)17-13;7-5-2-1-3-6(8)4-5;;;/h4-9H,1H2,2H3;1-3H;1H;;1H3/q2*-1;;+2;. The van der Waals surface area contributed by atoms with Gasteiger partial charge in [0, 0.05) is 11.1 Å². The molecule has 3 nitrogen and oxygen atoms in total. The van der Waals surface area contributed by atoms with Gasteiger partial charge in [-0.3, -0.25) is 9.97 Å². The van der Waals surface area contributed by atoms with E-state index in [1.807, 2.05) is 37.3 Å². The van der Waals surface area contributed by atoms with Crippen LogP contribution >= 0.6 is 39.9 Å². The van der Waals surface area contributed by atoms with Crippen molar-refractivity contribution in [3.8, 4) is 0 Å². The molecule has 3 N–H and O–H groups in total. The number of hydrogen-bond acceptors (Lipinski definition) is 3. The summed E-state index contributed by atoms with van der Waals surface area (Å²) in [6.07, 6.45) is 2.81. The van der Waals surface area contributed by atoms with Crippen molar-refractivity contribution in [2.75, 3.05) is 0 Å². The van der Waals surface area contributed by atoms with Crippen LogP contribution in [0, 0.1) is 19.1 Å². The van der Waals surface area contributed by atoms with Crippen LogP contribution in [-0.2, 0) is 17.1 Å². The topological polar surface area (TPSA) is 60.8 Å². The van der Waals surface area contributed by atoms with Gasteiger partial charge in [-0.25, -0.2) is 6.08 Å². The zero-order valence-corrected chi connectivity index (χ0v) is 19.3. The average Bonchev–Trinajstić information content (AvgIpc) is 2.61. The normalized spacial score (nSPS) is 9.25. The van der Waals surface area contributed by atoms with Crippen LogP contribution in [0.3, 0.4) is 0 Å². The van der Waals surface area contributed by atoms with E-state index in [9.17, 15) is 0 Å². The second-order valence-electron chi connectivity index (χ2n) is 5.38. The summed E-state index contributed by atoms with van der Waals surface area (Å²) in [4.78, 5) is 9.10. The Balaban J connectivity index is 0.000000574. The summed E-state index contributed by atoms with van der Waals surface area (Å²) in [7, 11) is 0. The number of rotatable bonds is 1. The first kappa shape index (κ1) is 26.5. The minimum atomic E-state index is 0. The minimum Gasteiger partial charge on any atom is -0.344 e. The third-order valence-corrected chi connectivity index (χ3v) is 4.25. The molecule has 146 valence electrons. The molecule has 0 fully saturated rings. The molecule has 2 aromatic carbocycles. The molecule has 28 heavy (non-hydrogen) atoms. The quantitative estimate of drug-likeness (QED) is 0.169. The molecule has 0 aliphatic carbocycles. The number of aryl methyl sites for hydroxylation is 1. The Labute approximate surface area is 195 Å². The summed E-state index contributed by atoms with van der Waals surface area (Å²) in [5.74, 6) is 0. The maximum atomic E-state index is 5.56. The van der Waals surface area contributed by atoms with Crippen LogP contribution in [0.1, 0.15) is 11.4 Å². The molecule has 0 atom stereocenters. The average molecular weight is 519 g/mol. The fraction of sp³-hybridized carbons (Fsp3) is 0.0476. The van der Waals surface area contributed by atoms with E-state index in [1.165, 1.54) is 0 Å². The van der Waals surface area contributed by atoms with E-state index >= 15 is 0 Å². The van der Waals surface area contributed by atoms with E-state index in [1.54, 1.807) is 6.07 Å². The number of benzene rings is 2. The van der Waals surface area contributed by atoms with Gasteiger partial charge in [-0.05, 0) is 18.4 Å². The fourth-order valence-electron chi connectivity index (χ4n) is 2.38. The van der Waals surface area contributed by atoms with Gasteiger partial charge in [0.2, 0.25) is 0 Å². The summed E-state index contributed by atoms with van der Waals surface area (Å²) in [6.45, 7) is 5.62. The third-order valence-electron chi connectivity index (χ3n) is 3.56. The monoisotopic (exact) mass is 517 g/mol. The van der Waals surface area contributed by atoms with Crippen LogP contribution in [0.2, 0.25) is 5.02 Å². The summed E-state index contributed by atoms with van der Waals surface area (Å²) >= 11 is 8.78. The van der Waals surface area contributed by atoms with Gasteiger partial charge in [-0.2, -0.15) is 30.8 Å². The van der Waals surface area contributed by atoms with Gasteiger partial charge >= 0.3 is 17.1 Å². The molecule has 0 radical (unpaired) electrons. The number of aromatic nitrogens is 2. The van der Waals surface area contributed by atoms with Crippen LogP contribution in [0.15, 0.2) is 65.6 Å². The summed E-state index contributed by atoms with van der Waals surface area (Å²) < 4.78 is 0.894. The molecule has 0 spiro atoms. The van der Waals surface area contributed by atoms with Gasteiger partial charge in [0.25, 0.3) is 0 Å². The molecule has 0 aliphatic heterocycles. The first-order chi connectivity index (χ1) is 12.1. The maximum Gasteiger partial charge on any atom is 2.00 e. The third kappa shape index (κ3) is 6.56. The Morgan fingerprint density at radius 3 is 2.07 bits per heavy atom. The Bertz CT molecular complexity index is 1060. The zero-order valence-electron chi connectivity index (χ0n) is 15.0. The SMILES string of the molecule is C=[C-]c1ccc2ccc3ccc(C)nc3c2n1.Cl.Clc1[c-]c(Br)ccc1.N.[Fe+2]. The van der Waals surface area contributed by atoms with Crippen LogP contribution < -0.4 is 6.15 Å². The molecule has 0 saturated carbocycles. The summed E-state index contributed by atoms with van der Waals surface area (Å²) in [5, 5.41) is 2.84. The smallest absolute Gasteiger partial charge is 0.344 e. The Morgan fingerprint density at radius 1 is 0.964 bits per heavy atom. The van der Waals surface area contributed by atoms with Gasteiger partial charge in [-0.1, -0.05) is 43.6 Å². The van der Waals surface area contributed by atoms with Crippen molar-refractivity contribution in [3.05, 3.63) is 94.2 Å². The molecule has 0 amide bonds. The number of fused-ring (bicyclic) bond motifs is 3. The molecule has 4 rings (SSSR count). The fourth-order valence-corrected chi connectivity index (χ4v) is 3.03. The van der Waals surface area contributed by atoms with Crippen molar-refractivity contribution in [3.63, 3.8) is 0 Å². The molecule has 0 saturated heterocycles. The van der Waals surface area contributed by atoms with E-state index in [2.05, 4.69) is 62.8 Å². The minimum absolute atomic E-state index is 0. The van der Waals surface area contributed by atoms with E-state index in [-0.39, 0.29) is 35.6 Å². The second kappa shape index (κ2) is 12.2. The van der Waals surface area contributed by atoms with Crippen molar-refractivity contribution >= 4 is 61.7 Å². The van der Waals surface area contributed by atoms with Crippen LogP contribution in [0.25, 0.3) is 21.8 Å². The number of hydrogen-bond donors (Lipinski definition) is 1. The van der Waals surface area contributed by atoms with Crippen LogP contribution in [-0.4, -0.2) is 9.97 Å². The molecule has 0 aliphatic rings. The van der Waals surface area contributed by atoms with Gasteiger partial charge in [0.15, 0.2) is 0 Å². The predicted molar refractivity (Wildman–Crippen MR) is 120 cm³/mol. The van der Waals surface area contributed by atoms with E-state index in [4.69, 9.17) is 11.6 Å². The Hall–Kier alpha value is -1.46. The molecule has 4 aromatic rings. The van der Waals surface area contributed by atoms with E-state index < -0.39 is 0 Å². The molecule has 0 unspecified atom stereocenters. The zero-order chi connectivity index (χ0) is 17.8. The molecule has 7 heteroatoms. The molecular weight excluding hydrogens is 501 g/mol. The van der Waals surface area contributed by atoms with Crippen molar-refractivity contribution in [1.82, 2.24) is 16.1 Å². The largest absolute Gasteiger partial charge is 2.00 e. The van der Waals surface area contributed by atoms with Crippen molar-refractivity contribution < 1.29 is 17.1 Å². The maximum absolute atomic E-state index is 5.56. The van der Waals surface area contributed by atoms with E-state index in [0.29, 0.717) is 5.02 Å². The molecule has 2 heterocycles. The summed E-state index contributed by atoms with van der Waals surface area (Å²) in [5.41, 5.74) is 3.62. The number of pyridine rings is 2. The molecule has 2 aromatic heterocycles. The molecule has 0 bridgehead atoms. The van der Waals surface area contributed by atoms with Gasteiger partial charge in [-0.15, -0.1) is 41.8 Å². The predicted octanol–water partition coefficient (Wildman–Crippen LogP) is 6.91. The Kier molecular flexibility index (Phi) is 11.5. The van der Waals surface area contributed by atoms with E-state index in [0.717, 1.165) is 37.7 Å². The Morgan fingerprint density at radius 2 is 1.54 bits per heavy atom. The first-order valence-electron chi connectivity index (χ1n) is 7.60. The van der Waals surface area contributed by atoms with Gasteiger partial charge in [0.1, 0.15) is 0 Å². The first-order valence-corrected chi connectivity index (χ1v) is 8.77. The van der Waals surface area contributed by atoms with Crippen LogP contribution in [0.4, 0.5) is 0 Å². The van der Waals surface area contributed by atoms with Crippen molar-refractivity contribution in [2.24, 2.45) is 0 Å². The summed E-state index contributed by atoms with van der Waals surface area (Å²) in [6, 6.07) is 20.5. The molecular formula is C21H18BrCl2FeN3. The van der Waals surface area contributed by atoms with Crippen LogP contribution in [0.5, 0.6) is 0 Å². The van der Waals surface area contributed by atoms with Crippen molar-refractivity contribution in [2.45, 2.75) is 6.92 Å².